The van der Waals surface area contributed by atoms with Crippen molar-refractivity contribution in [2.45, 2.75) is 19.8 Å². The van der Waals surface area contributed by atoms with Crippen LogP contribution in [0.3, 0.4) is 0 Å². The van der Waals surface area contributed by atoms with Crippen LogP contribution in [0.25, 0.3) is 5.65 Å². The second-order valence-corrected chi connectivity index (χ2v) is 3.45. The third kappa shape index (κ3) is 1.79. The summed E-state index contributed by atoms with van der Waals surface area (Å²) in [5.41, 5.74) is 0.220. The summed E-state index contributed by atoms with van der Waals surface area (Å²) in [6.07, 6.45) is -1.91. The van der Waals surface area contributed by atoms with Gasteiger partial charge in [-0.15, -0.1) is 5.10 Å². The maximum absolute atomic E-state index is 12.4. The normalized spacial score (nSPS) is 11.5. The average Bonchev–Trinajstić information content (AvgIpc) is 2.61. The maximum atomic E-state index is 12.4. The van der Waals surface area contributed by atoms with Crippen molar-refractivity contribution < 1.29 is 8.78 Å². The van der Waals surface area contributed by atoms with Gasteiger partial charge in [-0.3, -0.25) is 0 Å². The Morgan fingerprint density at radius 2 is 2.20 bits per heavy atom. The van der Waals surface area contributed by atoms with Gasteiger partial charge in [-0.25, -0.2) is 18.3 Å². The largest absolute Gasteiger partial charge is 0.264 e. The molecule has 0 amide bonds. The van der Waals surface area contributed by atoms with Gasteiger partial charge in [0.15, 0.2) is 11.5 Å². The second kappa shape index (κ2) is 3.73. The highest BCUT2D eigenvalue weighted by molar-refractivity contribution is 6.29. The third-order valence-electron chi connectivity index (χ3n) is 2.03. The lowest BCUT2D eigenvalue weighted by Gasteiger charge is -2.01. The van der Waals surface area contributed by atoms with Gasteiger partial charge >= 0.3 is 0 Å². The zero-order valence-electron chi connectivity index (χ0n) is 7.91. The molecule has 0 spiro atoms. The fraction of sp³-hybridized carbons (Fsp3) is 0.333. The lowest BCUT2D eigenvalue weighted by Crippen LogP contribution is -1.93. The van der Waals surface area contributed by atoms with Crippen LogP contribution in [0.15, 0.2) is 12.1 Å². The van der Waals surface area contributed by atoms with Gasteiger partial charge in [-0.1, -0.05) is 18.5 Å². The van der Waals surface area contributed by atoms with Crippen LogP contribution in [0, 0.1) is 0 Å². The van der Waals surface area contributed by atoms with Crippen LogP contribution < -0.4 is 0 Å². The van der Waals surface area contributed by atoms with Gasteiger partial charge in [0.05, 0.1) is 0 Å². The van der Waals surface area contributed by atoms with Crippen molar-refractivity contribution in [3.8, 4) is 0 Å². The average molecular weight is 232 g/mol. The molecule has 0 fully saturated rings. The first kappa shape index (κ1) is 10.3. The number of hydrogen-bond donors (Lipinski definition) is 0. The fourth-order valence-electron chi connectivity index (χ4n) is 1.28. The van der Waals surface area contributed by atoms with Crippen LogP contribution in [0.5, 0.6) is 0 Å². The van der Waals surface area contributed by atoms with Gasteiger partial charge in [0.25, 0.3) is 6.43 Å². The predicted molar refractivity (Wildman–Crippen MR) is 52.3 cm³/mol. The third-order valence-corrected chi connectivity index (χ3v) is 2.30. The van der Waals surface area contributed by atoms with Crippen molar-refractivity contribution in [1.29, 1.82) is 0 Å². The maximum Gasteiger partial charge on any atom is 0.264 e. The molecule has 80 valence electrons. The summed E-state index contributed by atoms with van der Waals surface area (Å²) < 4.78 is 26.2. The smallest absolute Gasteiger partial charge is 0.212 e. The molecule has 0 atom stereocenters. The van der Waals surface area contributed by atoms with Crippen LogP contribution in [0.1, 0.15) is 24.7 Å². The number of aryl methyl sites for hydroxylation is 1. The molecule has 0 N–H and O–H groups in total. The van der Waals surface area contributed by atoms with Gasteiger partial charge in [0.2, 0.25) is 0 Å². The predicted octanol–water partition coefficient (Wildman–Crippen LogP) is 2.88. The summed E-state index contributed by atoms with van der Waals surface area (Å²) in [6, 6.07) is 2.50. The molecule has 2 rings (SSSR count). The molecule has 2 aromatic rings. The van der Waals surface area contributed by atoms with Gasteiger partial charge in [-0.2, -0.15) is 0 Å². The van der Waals surface area contributed by atoms with Crippen LogP contribution in [-0.4, -0.2) is 14.6 Å². The molecule has 0 aliphatic heterocycles. The number of halogens is 3. The summed E-state index contributed by atoms with van der Waals surface area (Å²) >= 11 is 5.80. The molecule has 0 aliphatic carbocycles. The second-order valence-electron chi connectivity index (χ2n) is 3.06. The van der Waals surface area contributed by atoms with E-state index in [2.05, 4.69) is 10.1 Å². The van der Waals surface area contributed by atoms with Gasteiger partial charge in [0.1, 0.15) is 5.15 Å². The Labute approximate surface area is 89.7 Å². The number of alkyl halides is 2. The Kier molecular flexibility index (Phi) is 2.56. The highest BCUT2D eigenvalue weighted by atomic mass is 35.5. The van der Waals surface area contributed by atoms with Crippen molar-refractivity contribution in [2.24, 2.45) is 0 Å². The molecule has 0 saturated heterocycles. The topological polar surface area (TPSA) is 30.2 Å². The number of pyridine rings is 1. The Hall–Kier alpha value is -1.23. The zero-order valence-corrected chi connectivity index (χ0v) is 8.67. The van der Waals surface area contributed by atoms with Crippen LogP contribution in [-0.2, 0) is 6.42 Å². The van der Waals surface area contributed by atoms with E-state index in [-0.39, 0.29) is 10.7 Å². The van der Waals surface area contributed by atoms with Crippen LogP contribution in [0.2, 0.25) is 5.15 Å². The van der Waals surface area contributed by atoms with E-state index in [0.717, 1.165) is 0 Å². The molecule has 0 aliphatic rings. The van der Waals surface area contributed by atoms with Gasteiger partial charge < -0.3 is 0 Å². The van der Waals surface area contributed by atoms with Crippen molar-refractivity contribution in [3.63, 3.8) is 0 Å². The van der Waals surface area contributed by atoms with Crippen LogP contribution >= 0.6 is 11.6 Å². The molecule has 15 heavy (non-hydrogen) atoms. The van der Waals surface area contributed by atoms with Crippen LogP contribution in [0.4, 0.5) is 8.78 Å². The number of rotatable bonds is 2. The summed E-state index contributed by atoms with van der Waals surface area (Å²) in [4.78, 5) is 4.07. The lowest BCUT2D eigenvalue weighted by atomic mass is 10.3. The van der Waals surface area contributed by atoms with E-state index in [4.69, 9.17) is 11.6 Å². The van der Waals surface area contributed by atoms with Crippen molar-refractivity contribution in [1.82, 2.24) is 14.6 Å². The Morgan fingerprint density at radius 3 is 2.80 bits per heavy atom. The van der Waals surface area contributed by atoms with E-state index in [0.29, 0.717) is 17.9 Å². The first-order chi connectivity index (χ1) is 7.11. The molecule has 0 unspecified atom stereocenters. The number of aromatic nitrogens is 3. The lowest BCUT2D eigenvalue weighted by molar-refractivity contribution is 0.151. The standard InChI is InChI=1S/C9H8ClF2N3/c1-2-7-13-8-4-5(9(11)12)3-6(10)15(8)14-7/h3-4,9H,2H2,1H3. The zero-order chi connectivity index (χ0) is 11.0. The molecule has 3 nitrogen and oxygen atoms in total. The van der Waals surface area contributed by atoms with Crippen molar-refractivity contribution in [2.75, 3.05) is 0 Å². The minimum atomic E-state index is -2.55. The number of fused-ring (bicyclic) bond motifs is 1. The first-order valence-electron chi connectivity index (χ1n) is 4.45. The van der Waals surface area contributed by atoms with E-state index < -0.39 is 6.43 Å². The Balaban J connectivity index is 2.65. The monoisotopic (exact) mass is 231 g/mol. The van der Waals surface area contributed by atoms with E-state index in [1.807, 2.05) is 6.92 Å². The molecule has 0 aromatic carbocycles. The van der Waals surface area contributed by atoms with E-state index in [9.17, 15) is 8.78 Å². The minimum absolute atomic E-state index is 0.137. The summed E-state index contributed by atoms with van der Waals surface area (Å²) in [5, 5.41) is 4.21. The molecule has 2 aromatic heterocycles. The number of nitrogens with zero attached hydrogens (tertiary/aromatic N) is 3. The van der Waals surface area contributed by atoms with Crippen molar-refractivity contribution >= 4 is 17.2 Å². The summed E-state index contributed by atoms with van der Waals surface area (Å²) in [5.74, 6) is 0.586. The highest BCUT2D eigenvalue weighted by Gasteiger charge is 2.12. The minimum Gasteiger partial charge on any atom is -0.212 e. The number of hydrogen-bond acceptors (Lipinski definition) is 2. The first-order valence-corrected chi connectivity index (χ1v) is 4.83. The summed E-state index contributed by atoms with van der Waals surface area (Å²) in [6.45, 7) is 1.89. The molecule has 0 bridgehead atoms. The summed E-state index contributed by atoms with van der Waals surface area (Å²) in [7, 11) is 0. The van der Waals surface area contributed by atoms with Crippen molar-refractivity contribution in [3.05, 3.63) is 28.7 Å². The van der Waals surface area contributed by atoms with E-state index >= 15 is 0 Å². The Morgan fingerprint density at radius 1 is 1.47 bits per heavy atom. The SMILES string of the molecule is CCc1nc2cc(C(F)F)cc(Cl)n2n1. The van der Waals surface area contributed by atoms with Gasteiger partial charge in [-0.05, 0) is 12.1 Å². The van der Waals surface area contributed by atoms with E-state index in [1.54, 1.807) is 0 Å². The Bertz CT molecular complexity index is 495. The molecule has 6 heteroatoms. The molecule has 0 radical (unpaired) electrons. The molecule has 2 heterocycles. The van der Waals surface area contributed by atoms with Gasteiger partial charge in [0, 0.05) is 12.0 Å². The molecule has 0 saturated carbocycles. The highest BCUT2D eigenvalue weighted by Crippen LogP contribution is 2.23. The molecular weight excluding hydrogens is 224 g/mol. The molecular formula is C9H8ClF2N3. The quantitative estimate of drug-likeness (QED) is 0.744. The van der Waals surface area contributed by atoms with E-state index in [1.165, 1.54) is 16.6 Å². The fourth-order valence-corrected chi connectivity index (χ4v) is 1.53.